The Hall–Kier alpha value is -3.56. The van der Waals surface area contributed by atoms with Crippen LogP contribution in [0.2, 0.25) is 0 Å². The summed E-state index contributed by atoms with van der Waals surface area (Å²) < 4.78 is 40.2. The third-order valence-corrected chi connectivity index (χ3v) is 6.15. The van der Waals surface area contributed by atoms with Crippen LogP contribution in [0.3, 0.4) is 0 Å². The van der Waals surface area contributed by atoms with Crippen LogP contribution in [0.5, 0.6) is 0 Å². The first-order chi connectivity index (χ1) is 19.5. The third-order valence-electron chi connectivity index (χ3n) is 6.15. The number of carbonyl (C=O) groups is 1. The molecule has 3 N–H and O–H groups in total. The van der Waals surface area contributed by atoms with E-state index in [-0.39, 0.29) is 36.5 Å². The van der Waals surface area contributed by atoms with Gasteiger partial charge in [0.25, 0.3) is 11.8 Å². The predicted octanol–water partition coefficient (Wildman–Crippen LogP) is 8.02. The lowest BCUT2D eigenvalue weighted by Gasteiger charge is -2.17. The summed E-state index contributed by atoms with van der Waals surface area (Å²) in [6.45, 7) is 13.5. The lowest BCUT2D eigenvalue weighted by Crippen LogP contribution is -2.32. The molecule has 9 heteroatoms. The van der Waals surface area contributed by atoms with E-state index in [0.29, 0.717) is 16.9 Å². The topological polar surface area (TPSA) is 94.3 Å². The van der Waals surface area contributed by atoms with Gasteiger partial charge in [-0.3, -0.25) is 14.8 Å². The van der Waals surface area contributed by atoms with Gasteiger partial charge in [0.2, 0.25) is 6.29 Å². The minimum Gasteiger partial charge on any atom is -0.363 e. The molecule has 41 heavy (non-hydrogen) atoms. The molecule has 0 heterocycles. The molecule has 2 rings (SSSR count). The Kier molecular flexibility index (Phi) is 15.6. The summed E-state index contributed by atoms with van der Waals surface area (Å²) in [6, 6.07) is 10.3. The fourth-order valence-corrected chi connectivity index (χ4v) is 3.69. The van der Waals surface area contributed by atoms with Crippen LogP contribution in [-0.4, -0.2) is 40.3 Å². The molecule has 2 unspecified atom stereocenters. The van der Waals surface area contributed by atoms with Gasteiger partial charge in [-0.05, 0) is 75.9 Å². The molecule has 0 spiro atoms. The van der Waals surface area contributed by atoms with Gasteiger partial charge in [-0.1, -0.05) is 44.2 Å². The van der Waals surface area contributed by atoms with Crippen molar-refractivity contribution in [2.75, 3.05) is 0 Å². The van der Waals surface area contributed by atoms with E-state index < -0.39 is 18.6 Å². The van der Waals surface area contributed by atoms with Crippen molar-refractivity contribution in [2.24, 2.45) is 15.9 Å². The molecule has 0 aliphatic carbocycles. The van der Waals surface area contributed by atoms with Crippen molar-refractivity contribution in [3.63, 3.8) is 0 Å². The van der Waals surface area contributed by atoms with Crippen LogP contribution < -0.4 is 5.32 Å². The molecule has 0 radical (unpaired) electrons. The fourth-order valence-electron chi connectivity index (χ4n) is 3.69. The minimum atomic E-state index is -3.60. The van der Waals surface area contributed by atoms with Gasteiger partial charge in [-0.2, -0.15) is 0 Å². The number of aliphatic hydroxyl groups excluding tert-OH is 1. The average Bonchev–Trinajstić information content (AvgIpc) is 2.95. The lowest BCUT2D eigenvalue weighted by atomic mass is 10.00. The molecule has 2 aromatic rings. The molecule has 6 nitrogen and oxygen atoms in total. The highest BCUT2D eigenvalue weighted by molar-refractivity contribution is 5.97. The number of unbranched alkanes of at least 4 members (excludes halogenated alkanes) is 1. The minimum absolute atomic E-state index is 0.00953. The molecule has 0 fully saturated rings. The molecule has 0 bridgehead atoms. The van der Waals surface area contributed by atoms with Gasteiger partial charge in [0.1, 0.15) is 5.82 Å². The SMILES string of the molecule is C=CC(C/C=C\C)C(C)=Nc1ccc(C(=O)NC(C)c2ccc(F)cc2)cc1N=CCCCC(F)(F)C(O)O.CC. The van der Waals surface area contributed by atoms with Crippen molar-refractivity contribution < 1.29 is 28.2 Å². The quantitative estimate of drug-likeness (QED) is 0.0924. The van der Waals surface area contributed by atoms with E-state index in [9.17, 15) is 18.0 Å². The van der Waals surface area contributed by atoms with E-state index in [1.54, 1.807) is 43.3 Å². The number of rotatable bonds is 14. The number of amides is 1. The Morgan fingerprint density at radius 3 is 2.37 bits per heavy atom. The van der Waals surface area contributed by atoms with Gasteiger partial charge < -0.3 is 15.5 Å². The molecule has 224 valence electrons. The maximum absolute atomic E-state index is 13.5. The zero-order valence-corrected chi connectivity index (χ0v) is 24.4. The van der Waals surface area contributed by atoms with Crippen molar-refractivity contribution in [3.05, 3.63) is 84.2 Å². The predicted molar refractivity (Wildman–Crippen MR) is 161 cm³/mol. The van der Waals surface area contributed by atoms with Crippen LogP contribution in [0.4, 0.5) is 24.5 Å². The van der Waals surface area contributed by atoms with Crippen molar-refractivity contribution in [3.8, 4) is 0 Å². The standard InChI is InChI=1S/C30H36F3N3O3.C2H6/c1-5-7-10-22(6-2)20(3)35-26-16-13-24(28(37)36-21(4)23-11-14-25(31)15-12-23)19-27(26)34-18-9-8-17-30(32,33)29(38)39;1-2/h5-7,11-16,18-19,21-22,29,38-39H,2,8-10,17H2,1,3-4H3,(H,36,37);1-2H3/b7-5-,34-18?,35-20?;. The van der Waals surface area contributed by atoms with Crippen LogP contribution >= 0.6 is 0 Å². The van der Waals surface area contributed by atoms with Crippen LogP contribution in [-0.2, 0) is 0 Å². The number of hydrogen-bond acceptors (Lipinski definition) is 5. The largest absolute Gasteiger partial charge is 0.363 e. The molecule has 0 aliphatic rings. The molecular weight excluding hydrogens is 531 g/mol. The Morgan fingerprint density at radius 1 is 1.12 bits per heavy atom. The fraction of sp³-hybridized carbons (Fsp3) is 0.406. The summed E-state index contributed by atoms with van der Waals surface area (Å²) in [4.78, 5) is 22.1. The maximum atomic E-state index is 13.5. The smallest absolute Gasteiger partial charge is 0.297 e. The van der Waals surface area contributed by atoms with Gasteiger partial charge in [0, 0.05) is 29.8 Å². The van der Waals surface area contributed by atoms with Gasteiger partial charge in [0.15, 0.2) is 0 Å². The van der Waals surface area contributed by atoms with Crippen LogP contribution in [0.15, 0.2) is 77.3 Å². The number of allylic oxidation sites excluding steroid dienone is 3. The number of nitrogens with one attached hydrogen (secondary N) is 1. The third kappa shape index (κ3) is 11.8. The first-order valence-electron chi connectivity index (χ1n) is 13.7. The van der Waals surface area contributed by atoms with Crippen molar-refractivity contribution in [2.45, 2.75) is 78.6 Å². The zero-order valence-electron chi connectivity index (χ0n) is 24.4. The lowest BCUT2D eigenvalue weighted by molar-refractivity contribution is -0.211. The second-order valence-corrected chi connectivity index (χ2v) is 9.19. The average molecular weight is 574 g/mol. The number of aliphatic hydroxyl groups is 2. The van der Waals surface area contributed by atoms with E-state index in [0.717, 1.165) is 17.7 Å². The second kappa shape index (κ2) is 18.0. The molecule has 0 aliphatic heterocycles. The zero-order chi connectivity index (χ0) is 31.0. The summed E-state index contributed by atoms with van der Waals surface area (Å²) in [5, 5.41) is 20.4. The highest BCUT2D eigenvalue weighted by Gasteiger charge is 2.36. The monoisotopic (exact) mass is 573 g/mol. The molecule has 1 amide bonds. The van der Waals surface area contributed by atoms with E-state index in [1.807, 2.05) is 39.8 Å². The number of nitrogens with zero attached hydrogens (tertiary/aromatic N) is 2. The van der Waals surface area contributed by atoms with Gasteiger partial charge in [-0.25, -0.2) is 13.2 Å². The van der Waals surface area contributed by atoms with Gasteiger partial charge in [-0.15, -0.1) is 6.58 Å². The summed E-state index contributed by atoms with van der Waals surface area (Å²) in [7, 11) is 0. The Morgan fingerprint density at radius 2 is 1.78 bits per heavy atom. The van der Waals surface area contributed by atoms with Crippen LogP contribution in [0.1, 0.15) is 82.3 Å². The Balaban J connectivity index is 0.00000411. The summed E-state index contributed by atoms with van der Waals surface area (Å²) in [6.07, 6.45) is 4.62. The number of hydrogen-bond donors (Lipinski definition) is 3. The van der Waals surface area contributed by atoms with Crippen LogP contribution in [0.25, 0.3) is 0 Å². The van der Waals surface area contributed by atoms with Crippen LogP contribution in [0, 0.1) is 11.7 Å². The molecule has 0 aromatic heterocycles. The van der Waals surface area contributed by atoms with E-state index >= 15 is 0 Å². The maximum Gasteiger partial charge on any atom is 0.297 e. The van der Waals surface area contributed by atoms with Gasteiger partial charge in [0.05, 0.1) is 17.4 Å². The number of alkyl halides is 2. The number of halogens is 3. The molecular formula is C32H42F3N3O3. The van der Waals surface area contributed by atoms with Crippen molar-refractivity contribution in [1.82, 2.24) is 5.32 Å². The molecule has 2 aromatic carbocycles. The number of aliphatic imine (C=N–C) groups is 2. The summed E-state index contributed by atoms with van der Waals surface area (Å²) >= 11 is 0. The normalized spacial score (nSPS) is 13.7. The van der Waals surface area contributed by atoms with Gasteiger partial charge >= 0.3 is 0 Å². The Bertz CT molecular complexity index is 1190. The number of benzene rings is 2. The van der Waals surface area contributed by atoms with Crippen molar-refractivity contribution in [1.29, 1.82) is 0 Å². The summed E-state index contributed by atoms with van der Waals surface area (Å²) in [5.41, 5.74) is 2.71. The summed E-state index contributed by atoms with van der Waals surface area (Å²) in [5.74, 6) is -4.35. The highest BCUT2D eigenvalue weighted by Crippen LogP contribution is 2.31. The highest BCUT2D eigenvalue weighted by atomic mass is 19.3. The van der Waals surface area contributed by atoms with Crippen molar-refractivity contribution >= 4 is 29.2 Å². The van der Waals surface area contributed by atoms with E-state index in [4.69, 9.17) is 15.2 Å². The first kappa shape index (κ1) is 35.5. The Labute approximate surface area is 241 Å². The number of carbonyl (C=O) groups excluding carboxylic acids is 1. The molecule has 0 saturated carbocycles. The van der Waals surface area contributed by atoms with E-state index in [2.05, 4.69) is 16.9 Å². The molecule has 2 atom stereocenters. The second-order valence-electron chi connectivity index (χ2n) is 9.19. The molecule has 0 saturated heterocycles. The van der Waals surface area contributed by atoms with E-state index in [1.165, 1.54) is 18.3 Å². The first-order valence-corrected chi connectivity index (χ1v) is 13.7.